The molecule has 0 aliphatic heterocycles. The van der Waals surface area contributed by atoms with Crippen LogP contribution in [0.2, 0.25) is 0 Å². The summed E-state index contributed by atoms with van der Waals surface area (Å²) in [5.74, 6) is 0.727. The minimum absolute atomic E-state index is 0.366. The molecule has 0 spiro atoms. The highest BCUT2D eigenvalue weighted by Crippen LogP contribution is 2.40. The molecule has 2 heteroatoms. The molecule has 2 aliphatic rings. The van der Waals surface area contributed by atoms with E-state index in [2.05, 4.69) is 25.8 Å². The second-order valence-electron chi connectivity index (χ2n) is 6.34. The fourth-order valence-corrected chi connectivity index (χ4v) is 3.09. The maximum Gasteiger partial charge on any atom is 0.0131 e. The average Bonchev–Trinajstić information content (AvgIpc) is 2.29. The fraction of sp³-hybridized carbons (Fsp3) is 1.00. The SMILES string of the molecule is CN(CC1CCC(C)(C)C1N)C1CCC1. The van der Waals surface area contributed by atoms with Crippen molar-refractivity contribution in [3.63, 3.8) is 0 Å². The summed E-state index contributed by atoms with van der Waals surface area (Å²) in [5.41, 5.74) is 6.70. The molecule has 0 bridgehead atoms. The lowest BCUT2D eigenvalue weighted by Gasteiger charge is -2.37. The Kier molecular flexibility index (Phi) is 3.09. The van der Waals surface area contributed by atoms with E-state index in [0.29, 0.717) is 11.5 Å². The summed E-state index contributed by atoms with van der Waals surface area (Å²) in [5, 5.41) is 0. The van der Waals surface area contributed by atoms with E-state index in [0.717, 1.165) is 12.0 Å². The summed E-state index contributed by atoms with van der Waals surface area (Å²) in [7, 11) is 2.28. The van der Waals surface area contributed by atoms with Gasteiger partial charge in [0.2, 0.25) is 0 Å². The number of nitrogens with zero attached hydrogens (tertiary/aromatic N) is 1. The Hall–Kier alpha value is -0.0800. The first-order valence-corrected chi connectivity index (χ1v) is 6.46. The van der Waals surface area contributed by atoms with Crippen molar-refractivity contribution in [1.29, 1.82) is 0 Å². The van der Waals surface area contributed by atoms with E-state index in [1.165, 1.54) is 38.6 Å². The molecular formula is C13H26N2. The van der Waals surface area contributed by atoms with Gasteiger partial charge in [-0.15, -0.1) is 0 Å². The van der Waals surface area contributed by atoms with Gasteiger partial charge in [-0.05, 0) is 44.1 Å². The predicted molar refractivity (Wildman–Crippen MR) is 64.7 cm³/mol. The Morgan fingerprint density at radius 1 is 1.27 bits per heavy atom. The van der Waals surface area contributed by atoms with Crippen LogP contribution in [0.4, 0.5) is 0 Å². The maximum atomic E-state index is 6.34. The van der Waals surface area contributed by atoms with Crippen molar-refractivity contribution in [2.75, 3.05) is 13.6 Å². The lowest BCUT2D eigenvalue weighted by molar-refractivity contribution is 0.129. The highest BCUT2D eigenvalue weighted by Gasteiger charge is 2.40. The highest BCUT2D eigenvalue weighted by molar-refractivity contribution is 4.95. The van der Waals surface area contributed by atoms with E-state index in [-0.39, 0.29) is 0 Å². The van der Waals surface area contributed by atoms with Crippen LogP contribution in [-0.2, 0) is 0 Å². The summed E-state index contributed by atoms with van der Waals surface area (Å²) in [6, 6.07) is 1.26. The Balaban J connectivity index is 1.84. The Morgan fingerprint density at radius 3 is 2.33 bits per heavy atom. The van der Waals surface area contributed by atoms with E-state index in [4.69, 9.17) is 5.73 Å². The molecule has 0 saturated heterocycles. The van der Waals surface area contributed by atoms with Crippen LogP contribution in [-0.4, -0.2) is 30.6 Å². The number of nitrogens with two attached hydrogens (primary N) is 1. The molecule has 0 aromatic rings. The highest BCUT2D eigenvalue weighted by atomic mass is 15.1. The second-order valence-corrected chi connectivity index (χ2v) is 6.34. The first kappa shape index (κ1) is 11.4. The van der Waals surface area contributed by atoms with Crippen molar-refractivity contribution in [3.8, 4) is 0 Å². The lowest BCUT2D eigenvalue weighted by Crippen LogP contribution is -2.45. The van der Waals surface area contributed by atoms with Crippen LogP contribution >= 0.6 is 0 Å². The molecule has 0 aromatic heterocycles. The Bertz CT molecular complexity index is 221. The molecule has 0 amide bonds. The molecule has 2 nitrogen and oxygen atoms in total. The predicted octanol–water partition coefficient (Wildman–Crippen LogP) is 2.23. The Labute approximate surface area is 94.2 Å². The molecule has 15 heavy (non-hydrogen) atoms. The number of hydrogen-bond acceptors (Lipinski definition) is 2. The summed E-state index contributed by atoms with van der Waals surface area (Å²) >= 11 is 0. The zero-order valence-electron chi connectivity index (χ0n) is 10.5. The van der Waals surface area contributed by atoms with Gasteiger partial charge in [0.05, 0.1) is 0 Å². The van der Waals surface area contributed by atoms with Crippen molar-refractivity contribution < 1.29 is 0 Å². The summed E-state index contributed by atoms with van der Waals surface area (Å²) in [6.45, 7) is 5.86. The van der Waals surface area contributed by atoms with Gasteiger partial charge in [-0.1, -0.05) is 20.3 Å². The average molecular weight is 210 g/mol. The minimum atomic E-state index is 0.366. The quantitative estimate of drug-likeness (QED) is 0.774. The minimum Gasteiger partial charge on any atom is -0.327 e. The van der Waals surface area contributed by atoms with Crippen LogP contribution in [0.25, 0.3) is 0 Å². The fourth-order valence-electron chi connectivity index (χ4n) is 3.09. The van der Waals surface area contributed by atoms with Crippen molar-refractivity contribution in [2.45, 2.75) is 58.0 Å². The molecule has 2 N–H and O–H groups in total. The van der Waals surface area contributed by atoms with Gasteiger partial charge in [0.25, 0.3) is 0 Å². The molecule has 2 unspecified atom stereocenters. The van der Waals surface area contributed by atoms with Crippen LogP contribution in [0.5, 0.6) is 0 Å². The molecular weight excluding hydrogens is 184 g/mol. The third-order valence-corrected chi connectivity index (χ3v) is 4.79. The van der Waals surface area contributed by atoms with Crippen LogP contribution in [0, 0.1) is 11.3 Å². The van der Waals surface area contributed by atoms with Gasteiger partial charge >= 0.3 is 0 Å². The molecule has 0 radical (unpaired) electrons. The van der Waals surface area contributed by atoms with Crippen LogP contribution in [0.15, 0.2) is 0 Å². The molecule has 2 atom stereocenters. The summed E-state index contributed by atoms with van der Waals surface area (Å²) in [4.78, 5) is 2.55. The zero-order valence-corrected chi connectivity index (χ0v) is 10.5. The van der Waals surface area contributed by atoms with Gasteiger partial charge < -0.3 is 10.6 Å². The van der Waals surface area contributed by atoms with Crippen molar-refractivity contribution in [1.82, 2.24) is 4.90 Å². The van der Waals surface area contributed by atoms with Crippen LogP contribution in [0.3, 0.4) is 0 Å². The standard InChI is InChI=1S/C13H26N2/c1-13(2)8-7-10(12(13)14)9-15(3)11-5-4-6-11/h10-12H,4-9,14H2,1-3H3. The maximum absolute atomic E-state index is 6.34. The van der Waals surface area contributed by atoms with E-state index in [9.17, 15) is 0 Å². The van der Waals surface area contributed by atoms with Crippen molar-refractivity contribution in [2.24, 2.45) is 17.1 Å². The Morgan fingerprint density at radius 2 is 1.93 bits per heavy atom. The van der Waals surface area contributed by atoms with E-state index >= 15 is 0 Å². The van der Waals surface area contributed by atoms with Gasteiger partial charge in [0.15, 0.2) is 0 Å². The second kappa shape index (κ2) is 4.06. The monoisotopic (exact) mass is 210 g/mol. The molecule has 2 saturated carbocycles. The van der Waals surface area contributed by atoms with E-state index < -0.39 is 0 Å². The molecule has 0 heterocycles. The van der Waals surface area contributed by atoms with Gasteiger partial charge in [-0.25, -0.2) is 0 Å². The van der Waals surface area contributed by atoms with E-state index in [1.807, 2.05) is 0 Å². The molecule has 0 aromatic carbocycles. The molecule has 88 valence electrons. The molecule has 2 fully saturated rings. The van der Waals surface area contributed by atoms with Crippen LogP contribution < -0.4 is 5.73 Å². The zero-order chi connectivity index (χ0) is 11.1. The first-order chi connectivity index (χ1) is 7.00. The molecule has 2 aliphatic carbocycles. The number of hydrogen-bond donors (Lipinski definition) is 1. The topological polar surface area (TPSA) is 29.3 Å². The normalized spacial score (nSPS) is 35.8. The van der Waals surface area contributed by atoms with Crippen molar-refractivity contribution >= 4 is 0 Å². The smallest absolute Gasteiger partial charge is 0.0131 e. The first-order valence-electron chi connectivity index (χ1n) is 6.46. The summed E-state index contributed by atoms with van der Waals surface area (Å²) in [6.07, 6.45) is 6.86. The van der Waals surface area contributed by atoms with Crippen molar-refractivity contribution in [3.05, 3.63) is 0 Å². The van der Waals surface area contributed by atoms with Gasteiger partial charge in [0.1, 0.15) is 0 Å². The largest absolute Gasteiger partial charge is 0.327 e. The van der Waals surface area contributed by atoms with Crippen LogP contribution in [0.1, 0.15) is 46.0 Å². The van der Waals surface area contributed by atoms with Gasteiger partial charge in [0, 0.05) is 18.6 Å². The third kappa shape index (κ3) is 2.21. The van der Waals surface area contributed by atoms with E-state index in [1.54, 1.807) is 0 Å². The number of rotatable bonds is 3. The molecule has 2 rings (SSSR count). The third-order valence-electron chi connectivity index (χ3n) is 4.79. The van der Waals surface area contributed by atoms with Gasteiger partial charge in [-0.3, -0.25) is 0 Å². The van der Waals surface area contributed by atoms with Gasteiger partial charge in [-0.2, -0.15) is 0 Å². The lowest BCUT2D eigenvalue weighted by atomic mass is 9.85. The summed E-state index contributed by atoms with van der Waals surface area (Å²) < 4.78 is 0.